The number of hydrogen-bond acceptors (Lipinski definition) is 9. The average molecular weight is 583 g/mol. The molecule has 12 heteroatoms. The molecule has 226 valence electrons. The third kappa shape index (κ3) is 6.83. The highest BCUT2D eigenvalue weighted by atomic mass is 16.6. The molecule has 6 atom stereocenters. The van der Waals surface area contributed by atoms with Crippen molar-refractivity contribution in [1.82, 2.24) is 15.5 Å². The summed E-state index contributed by atoms with van der Waals surface area (Å²) in [5, 5.41) is 15.2. The molecule has 2 N–H and O–H groups in total. The van der Waals surface area contributed by atoms with Crippen LogP contribution in [0.2, 0.25) is 0 Å². The first-order chi connectivity index (χ1) is 19.9. The van der Waals surface area contributed by atoms with Gasteiger partial charge in [0, 0.05) is 18.4 Å². The number of amides is 3. The second kappa shape index (κ2) is 12.8. The molecule has 0 radical (unpaired) electrons. The minimum absolute atomic E-state index is 0.00272. The van der Waals surface area contributed by atoms with Crippen LogP contribution >= 0.6 is 0 Å². The number of nitrogens with one attached hydrogen (secondary N) is 2. The van der Waals surface area contributed by atoms with Crippen LogP contribution < -0.4 is 10.6 Å². The number of cyclic esters (lactones) is 1. The molecule has 3 saturated heterocycles. The maximum Gasteiger partial charge on any atom is 0.408 e. The van der Waals surface area contributed by atoms with Gasteiger partial charge >= 0.3 is 18.0 Å². The number of carbonyl (C=O) groups is 5. The highest BCUT2D eigenvalue weighted by Gasteiger charge is 2.50. The van der Waals surface area contributed by atoms with Crippen molar-refractivity contribution in [2.45, 2.75) is 77.8 Å². The van der Waals surface area contributed by atoms with Gasteiger partial charge in [-0.05, 0) is 30.2 Å². The van der Waals surface area contributed by atoms with E-state index >= 15 is 0 Å². The molecule has 3 amide bonds. The highest BCUT2D eigenvalue weighted by molar-refractivity contribution is 5.93. The van der Waals surface area contributed by atoms with Crippen molar-refractivity contribution < 1.29 is 38.2 Å². The molecule has 2 bridgehead atoms. The van der Waals surface area contributed by atoms with Crippen LogP contribution in [0.3, 0.4) is 0 Å². The predicted molar refractivity (Wildman–Crippen MR) is 147 cm³/mol. The molecule has 3 aliphatic heterocycles. The number of nitrogens with zero attached hydrogens (tertiary/aromatic N) is 2. The number of benzene rings is 1. The molecular weight excluding hydrogens is 544 g/mol. The standard InChI is InChI=1S/C30H38N4O8/c1-17(2)21-10-11-34-23(21)25(35)32-20(14-31)12-19-13-22(42-27(19)37)28(38)41-16-30(3,4)24(26(34)36)33-29(39)40-15-18-8-6-5-7-9-18/h5-9,17,19-24H,10-13,15-16H2,1-4H3,(H,32,35)(H,33,39)/t19-,20+,21-,22+,23+,24-/m1/s1. The third-order valence-corrected chi connectivity index (χ3v) is 8.29. The van der Waals surface area contributed by atoms with E-state index in [2.05, 4.69) is 10.6 Å². The van der Waals surface area contributed by atoms with Gasteiger partial charge in [-0.3, -0.25) is 14.4 Å². The third-order valence-electron chi connectivity index (χ3n) is 8.29. The SMILES string of the molecule is CC(C)[C@H]1CCN2C(=O)[C@@H](NC(=O)OCc3ccccc3)C(C)(C)COC(=O)[C@@H]3C[C@@H](C[C@@H](C#N)NC(=O)[C@H]12)C(=O)O3. The van der Waals surface area contributed by atoms with Gasteiger partial charge in [-0.15, -0.1) is 0 Å². The van der Waals surface area contributed by atoms with E-state index in [0.29, 0.717) is 6.42 Å². The Morgan fingerprint density at radius 2 is 1.88 bits per heavy atom. The number of alkyl carbamates (subject to hydrolysis) is 1. The Labute approximate surface area is 245 Å². The fraction of sp³-hybridized carbons (Fsp3) is 0.600. The number of hydrogen-bond donors (Lipinski definition) is 2. The van der Waals surface area contributed by atoms with Crippen LogP contribution in [0.15, 0.2) is 30.3 Å². The smallest absolute Gasteiger partial charge is 0.408 e. The molecular formula is C30H38N4O8. The number of fused-ring (bicyclic) bond motifs is 3. The summed E-state index contributed by atoms with van der Waals surface area (Å²) < 4.78 is 16.1. The van der Waals surface area contributed by atoms with Crippen molar-refractivity contribution in [3.8, 4) is 6.07 Å². The minimum atomic E-state index is -1.24. The van der Waals surface area contributed by atoms with E-state index < -0.39 is 65.4 Å². The topological polar surface area (TPSA) is 164 Å². The second-order valence-corrected chi connectivity index (χ2v) is 12.2. The van der Waals surface area contributed by atoms with Crippen LogP contribution in [0, 0.1) is 34.5 Å². The first-order valence-electron chi connectivity index (χ1n) is 14.3. The first kappa shape index (κ1) is 30.8. The lowest BCUT2D eigenvalue weighted by atomic mass is 9.83. The number of esters is 2. The summed E-state index contributed by atoms with van der Waals surface area (Å²) in [4.78, 5) is 67.7. The normalized spacial score (nSPS) is 29.8. The van der Waals surface area contributed by atoms with Crippen molar-refractivity contribution in [3.63, 3.8) is 0 Å². The fourth-order valence-electron chi connectivity index (χ4n) is 5.83. The molecule has 1 aromatic carbocycles. The van der Waals surface area contributed by atoms with E-state index in [0.717, 1.165) is 5.56 Å². The van der Waals surface area contributed by atoms with Crippen molar-refractivity contribution in [3.05, 3.63) is 35.9 Å². The lowest BCUT2D eigenvalue weighted by molar-refractivity contribution is -0.165. The fourth-order valence-corrected chi connectivity index (χ4v) is 5.83. The van der Waals surface area contributed by atoms with Gasteiger partial charge in [0.15, 0.2) is 6.10 Å². The van der Waals surface area contributed by atoms with Gasteiger partial charge in [-0.2, -0.15) is 5.26 Å². The van der Waals surface area contributed by atoms with Crippen LogP contribution in [-0.4, -0.2) is 72.1 Å². The molecule has 1 aromatic rings. The van der Waals surface area contributed by atoms with E-state index in [-0.39, 0.29) is 44.4 Å². The summed E-state index contributed by atoms with van der Waals surface area (Å²) in [6, 6.07) is 7.85. The molecule has 12 nitrogen and oxygen atoms in total. The second-order valence-electron chi connectivity index (χ2n) is 12.2. The Morgan fingerprint density at radius 3 is 2.55 bits per heavy atom. The molecule has 0 aliphatic carbocycles. The van der Waals surface area contributed by atoms with Crippen molar-refractivity contribution in [1.29, 1.82) is 5.26 Å². The molecule has 0 unspecified atom stereocenters. The lowest BCUT2D eigenvalue weighted by Gasteiger charge is -2.38. The average Bonchev–Trinajstić information content (AvgIpc) is 3.57. The summed E-state index contributed by atoms with van der Waals surface area (Å²) in [5.41, 5.74) is -0.408. The van der Waals surface area contributed by atoms with E-state index in [9.17, 15) is 29.2 Å². The largest absolute Gasteiger partial charge is 0.462 e. The Hall–Kier alpha value is -4.14. The quantitative estimate of drug-likeness (QED) is 0.399. The molecule has 0 spiro atoms. The Balaban J connectivity index is 1.66. The zero-order valence-corrected chi connectivity index (χ0v) is 24.3. The number of carbonyl (C=O) groups excluding carboxylic acids is 5. The lowest BCUT2D eigenvalue weighted by Crippen LogP contribution is -2.60. The Morgan fingerprint density at radius 1 is 1.17 bits per heavy atom. The maximum absolute atomic E-state index is 14.2. The monoisotopic (exact) mass is 582 g/mol. The van der Waals surface area contributed by atoms with Crippen molar-refractivity contribution in [2.75, 3.05) is 13.2 Å². The summed E-state index contributed by atoms with van der Waals surface area (Å²) >= 11 is 0. The molecule has 0 aromatic heterocycles. The highest BCUT2D eigenvalue weighted by Crippen LogP contribution is 2.35. The van der Waals surface area contributed by atoms with Gasteiger partial charge in [-0.1, -0.05) is 58.0 Å². The first-order valence-corrected chi connectivity index (χ1v) is 14.3. The van der Waals surface area contributed by atoms with Crippen molar-refractivity contribution >= 4 is 29.8 Å². The van der Waals surface area contributed by atoms with Gasteiger partial charge < -0.3 is 29.7 Å². The van der Waals surface area contributed by atoms with Crippen LogP contribution in [0.1, 0.15) is 52.5 Å². The van der Waals surface area contributed by atoms with E-state index in [1.165, 1.54) is 4.90 Å². The molecule has 0 saturated carbocycles. The van der Waals surface area contributed by atoms with Crippen LogP contribution in [0.25, 0.3) is 0 Å². The van der Waals surface area contributed by atoms with Gasteiger partial charge in [0.05, 0.1) is 18.6 Å². The van der Waals surface area contributed by atoms with E-state index in [4.69, 9.17) is 14.2 Å². The summed E-state index contributed by atoms with van der Waals surface area (Å²) in [5.74, 6) is -3.44. The van der Waals surface area contributed by atoms with E-state index in [1.807, 2.05) is 38.1 Å². The minimum Gasteiger partial charge on any atom is -0.462 e. The van der Waals surface area contributed by atoms with Crippen LogP contribution in [0.5, 0.6) is 0 Å². The Kier molecular flexibility index (Phi) is 9.39. The molecule has 3 heterocycles. The van der Waals surface area contributed by atoms with E-state index in [1.54, 1.807) is 26.0 Å². The van der Waals surface area contributed by atoms with Gasteiger partial charge in [-0.25, -0.2) is 9.59 Å². The van der Waals surface area contributed by atoms with Crippen LogP contribution in [0.4, 0.5) is 4.79 Å². The number of rotatable bonds is 4. The molecule has 3 aliphatic rings. The zero-order chi connectivity index (χ0) is 30.6. The summed E-state index contributed by atoms with van der Waals surface area (Å²) in [7, 11) is 0. The molecule has 42 heavy (non-hydrogen) atoms. The Bertz CT molecular complexity index is 1240. The molecule has 3 fully saturated rings. The summed E-state index contributed by atoms with van der Waals surface area (Å²) in [6.45, 7) is 7.14. The van der Waals surface area contributed by atoms with Gasteiger partial charge in [0.2, 0.25) is 11.8 Å². The zero-order valence-electron chi connectivity index (χ0n) is 24.3. The van der Waals surface area contributed by atoms with Gasteiger partial charge in [0.1, 0.15) is 24.7 Å². The predicted octanol–water partition coefficient (Wildman–Crippen LogP) is 2.07. The number of ether oxygens (including phenoxy) is 3. The maximum atomic E-state index is 14.2. The van der Waals surface area contributed by atoms with Crippen molar-refractivity contribution in [2.24, 2.45) is 23.2 Å². The number of nitriles is 1. The summed E-state index contributed by atoms with van der Waals surface area (Å²) in [6.07, 6.45) is -1.53. The van der Waals surface area contributed by atoms with Crippen LogP contribution in [-0.2, 0) is 40.0 Å². The van der Waals surface area contributed by atoms with Gasteiger partial charge in [0.25, 0.3) is 0 Å². The molecule has 4 rings (SSSR count).